The molecule has 0 spiro atoms. The number of hydrogen-bond donors (Lipinski definition) is 3. The van der Waals surface area contributed by atoms with Crippen LogP contribution in [0.15, 0.2) is 23.1 Å². The minimum absolute atomic E-state index is 0.0222. The summed E-state index contributed by atoms with van der Waals surface area (Å²) in [7, 11) is -3.88. The number of nitrogens with one attached hydrogen (secondary N) is 1. The molecule has 1 aromatic rings. The topological polar surface area (TPSA) is 116 Å². The Morgan fingerprint density at radius 3 is 2.62 bits per heavy atom. The highest BCUT2D eigenvalue weighted by Gasteiger charge is 2.26. The lowest BCUT2D eigenvalue weighted by Crippen LogP contribution is -2.41. The summed E-state index contributed by atoms with van der Waals surface area (Å²) >= 11 is 0. The van der Waals surface area contributed by atoms with Crippen molar-refractivity contribution >= 4 is 15.7 Å². The first-order valence-corrected chi connectivity index (χ1v) is 8.07. The predicted octanol–water partition coefficient (Wildman–Crippen LogP) is 1.22. The Labute approximate surface area is 125 Å². The second kappa shape index (κ2) is 6.43. The van der Waals surface area contributed by atoms with Crippen molar-refractivity contribution in [3.8, 4) is 6.07 Å². The number of sulfonamides is 1. The molecule has 7 heteroatoms. The van der Waals surface area contributed by atoms with Crippen molar-refractivity contribution in [2.24, 2.45) is 5.92 Å². The number of nitrogens with two attached hydrogens (primary N) is 1. The summed E-state index contributed by atoms with van der Waals surface area (Å²) in [5, 5.41) is 19.2. The van der Waals surface area contributed by atoms with Gasteiger partial charge in [0.2, 0.25) is 10.0 Å². The maximum Gasteiger partial charge on any atom is 0.241 e. The molecule has 0 aliphatic heterocycles. The molecule has 1 atom stereocenters. The molecule has 4 N–H and O–H groups in total. The van der Waals surface area contributed by atoms with E-state index in [9.17, 15) is 13.5 Å². The van der Waals surface area contributed by atoms with Gasteiger partial charge in [0.15, 0.2) is 0 Å². The molecule has 0 amide bonds. The van der Waals surface area contributed by atoms with E-state index in [1.807, 2.05) is 19.9 Å². The largest absolute Gasteiger partial charge is 0.399 e. The highest BCUT2D eigenvalue weighted by Crippen LogP contribution is 2.20. The third kappa shape index (κ3) is 5.01. The fourth-order valence-corrected chi connectivity index (χ4v) is 3.45. The van der Waals surface area contributed by atoms with E-state index < -0.39 is 15.6 Å². The van der Waals surface area contributed by atoms with Crippen LogP contribution in [0.1, 0.15) is 32.8 Å². The van der Waals surface area contributed by atoms with E-state index in [0.29, 0.717) is 12.1 Å². The summed E-state index contributed by atoms with van der Waals surface area (Å²) in [4.78, 5) is -0.139. The molecule has 6 nitrogen and oxygen atoms in total. The number of nitriles is 1. The van der Waals surface area contributed by atoms with Crippen molar-refractivity contribution < 1.29 is 13.5 Å². The van der Waals surface area contributed by atoms with E-state index in [2.05, 4.69) is 4.72 Å². The van der Waals surface area contributed by atoms with Crippen LogP contribution in [0.2, 0.25) is 0 Å². The van der Waals surface area contributed by atoms with Crippen LogP contribution in [-0.4, -0.2) is 25.7 Å². The smallest absolute Gasteiger partial charge is 0.241 e. The van der Waals surface area contributed by atoms with Gasteiger partial charge in [0.1, 0.15) is 6.07 Å². The number of benzene rings is 1. The van der Waals surface area contributed by atoms with Crippen molar-refractivity contribution in [1.82, 2.24) is 4.72 Å². The van der Waals surface area contributed by atoms with Crippen LogP contribution in [0.25, 0.3) is 0 Å². The minimum atomic E-state index is -3.88. The van der Waals surface area contributed by atoms with Gasteiger partial charge in [-0.3, -0.25) is 0 Å². The van der Waals surface area contributed by atoms with E-state index >= 15 is 0 Å². The average molecular weight is 311 g/mol. The van der Waals surface area contributed by atoms with E-state index in [-0.39, 0.29) is 22.9 Å². The molecule has 1 unspecified atom stereocenters. The lowest BCUT2D eigenvalue weighted by atomic mass is 9.95. The zero-order chi connectivity index (χ0) is 16.3. The zero-order valence-corrected chi connectivity index (χ0v) is 13.2. The van der Waals surface area contributed by atoms with Gasteiger partial charge in [-0.2, -0.15) is 5.26 Å². The molecule has 1 aromatic carbocycles. The van der Waals surface area contributed by atoms with Crippen molar-refractivity contribution in [2.75, 3.05) is 12.3 Å². The van der Waals surface area contributed by atoms with Crippen LogP contribution in [0.5, 0.6) is 0 Å². The zero-order valence-electron chi connectivity index (χ0n) is 12.4. The first-order chi connectivity index (χ1) is 9.57. The van der Waals surface area contributed by atoms with Crippen molar-refractivity contribution in [3.63, 3.8) is 0 Å². The molecule has 0 heterocycles. The number of anilines is 1. The molecule has 0 aliphatic carbocycles. The van der Waals surface area contributed by atoms with E-state index in [1.165, 1.54) is 18.2 Å². The quantitative estimate of drug-likeness (QED) is 0.683. The summed E-state index contributed by atoms with van der Waals surface area (Å²) in [6, 6.07) is 5.82. The molecule has 0 radical (unpaired) electrons. The Bertz CT molecular complexity index is 646. The summed E-state index contributed by atoms with van der Waals surface area (Å²) in [5.41, 5.74) is 4.68. The third-order valence-corrected chi connectivity index (χ3v) is 4.36. The molecule has 0 aromatic heterocycles. The Morgan fingerprint density at radius 1 is 1.48 bits per heavy atom. The lowest BCUT2D eigenvalue weighted by molar-refractivity contribution is 0.0437. The van der Waals surface area contributed by atoms with Crippen LogP contribution in [0.3, 0.4) is 0 Å². The number of nitrogens with zero attached hydrogens (tertiary/aromatic N) is 1. The Hall–Kier alpha value is -1.62. The van der Waals surface area contributed by atoms with Crippen molar-refractivity contribution in [2.45, 2.75) is 37.7 Å². The first kappa shape index (κ1) is 17.4. The Kier molecular flexibility index (Phi) is 5.34. The predicted molar refractivity (Wildman–Crippen MR) is 80.8 cm³/mol. The van der Waals surface area contributed by atoms with Gasteiger partial charge >= 0.3 is 0 Å². The van der Waals surface area contributed by atoms with Gasteiger partial charge in [-0.05, 0) is 37.5 Å². The fourth-order valence-electron chi connectivity index (χ4n) is 2.15. The van der Waals surface area contributed by atoms with E-state index in [4.69, 9.17) is 11.0 Å². The fraction of sp³-hybridized carbons (Fsp3) is 0.500. The number of rotatable bonds is 6. The first-order valence-electron chi connectivity index (χ1n) is 6.59. The second-order valence-corrected chi connectivity index (χ2v) is 7.52. The number of hydrogen-bond acceptors (Lipinski definition) is 5. The average Bonchev–Trinajstić information content (AvgIpc) is 2.34. The molecule has 21 heavy (non-hydrogen) atoms. The summed E-state index contributed by atoms with van der Waals surface area (Å²) < 4.78 is 26.8. The van der Waals surface area contributed by atoms with Crippen molar-refractivity contribution in [1.29, 1.82) is 5.26 Å². The summed E-state index contributed by atoms with van der Waals surface area (Å²) in [6.45, 7) is 5.33. The van der Waals surface area contributed by atoms with Gasteiger partial charge in [-0.15, -0.1) is 0 Å². The Balaban J connectivity index is 2.96. The number of aliphatic hydroxyl groups is 1. The molecule has 0 saturated carbocycles. The molecular weight excluding hydrogens is 290 g/mol. The third-order valence-electron chi connectivity index (χ3n) is 2.90. The van der Waals surface area contributed by atoms with Gasteiger partial charge < -0.3 is 10.8 Å². The van der Waals surface area contributed by atoms with Crippen LogP contribution >= 0.6 is 0 Å². The molecule has 0 aliphatic rings. The number of nitrogen functional groups attached to an aromatic ring is 1. The van der Waals surface area contributed by atoms with Gasteiger partial charge in [0.05, 0.1) is 16.1 Å². The SMILES string of the molecule is CC(C)CC(C)(O)CNS(=O)(=O)c1ccc(N)cc1C#N. The van der Waals surface area contributed by atoms with E-state index in [1.54, 1.807) is 6.92 Å². The maximum absolute atomic E-state index is 12.2. The minimum Gasteiger partial charge on any atom is -0.399 e. The van der Waals surface area contributed by atoms with E-state index in [0.717, 1.165) is 0 Å². The molecule has 0 fully saturated rings. The summed E-state index contributed by atoms with van der Waals surface area (Å²) in [6.07, 6.45) is 0.461. The van der Waals surface area contributed by atoms with Gasteiger partial charge in [0, 0.05) is 12.2 Å². The van der Waals surface area contributed by atoms with Crippen LogP contribution < -0.4 is 10.5 Å². The Morgan fingerprint density at radius 2 is 2.10 bits per heavy atom. The second-order valence-electron chi connectivity index (χ2n) is 5.79. The highest BCUT2D eigenvalue weighted by molar-refractivity contribution is 7.89. The summed E-state index contributed by atoms with van der Waals surface area (Å²) in [5.74, 6) is 0.232. The molecular formula is C14H21N3O3S. The molecule has 116 valence electrons. The standard InChI is InChI=1S/C14H21N3O3S/c1-10(2)7-14(3,18)9-17-21(19,20)13-5-4-12(16)6-11(13)8-15/h4-6,10,17-18H,7,9,16H2,1-3H3. The van der Waals surface area contributed by atoms with Crippen LogP contribution in [0.4, 0.5) is 5.69 Å². The monoisotopic (exact) mass is 311 g/mol. The highest BCUT2D eigenvalue weighted by atomic mass is 32.2. The molecule has 0 saturated heterocycles. The van der Waals surface area contributed by atoms with Crippen LogP contribution in [-0.2, 0) is 10.0 Å². The molecule has 0 bridgehead atoms. The normalized spacial score (nSPS) is 14.7. The van der Waals surface area contributed by atoms with Gasteiger partial charge in [-0.1, -0.05) is 13.8 Å². The molecule has 1 rings (SSSR count). The van der Waals surface area contributed by atoms with Crippen LogP contribution in [0, 0.1) is 17.2 Å². The van der Waals surface area contributed by atoms with Gasteiger partial charge in [-0.25, -0.2) is 13.1 Å². The van der Waals surface area contributed by atoms with Gasteiger partial charge in [0.25, 0.3) is 0 Å². The lowest BCUT2D eigenvalue weighted by Gasteiger charge is -2.25. The maximum atomic E-state index is 12.2. The van der Waals surface area contributed by atoms with Crippen molar-refractivity contribution in [3.05, 3.63) is 23.8 Å².